The highest BCUT2D eigenvalue weighted by atomic mass is 19.1. The Labute approximate surface area is 256 Å². The minimum atomic E-state index is -0.836. The average molecular weight is 598 g/mol. The summed E-state index contributed by atoms with van der Waals surface area (Å²) in [6, 6.07) is 6.89. The van der Waals surface area contributed by atoms with Crippen LogP contribution >= 0.6 is 0 Å². The number of halogens is 1. The van der Waals surface area contributed by atoms with E-state index in [-0.39, 0.29) is 17.0 Å². The average Bonchev–Trinajstić information content (AvgIpc) is 3.71. The van der Waals surface area contributed by atoms with Crippen LogP contribution in [0.5, 0.6) is 11.8 Å². The summed E-state index contributed by atoms with van der Waals surface area (Å²) >= 11 is 0. The van der Waals surface area contributed by atoms with E-state index < -0.39 is 5.60 Å². The zero-order valence-electron chi connectivity index (χ0n) is 26.2. The molecular formula is C35H40FN5O3. The SMILES string of the molecule is CCc1c(F)ccc2cc(O)cc(-c3c(C)c4nc(OCC5(CN(C)C)CC5)nc(N5CCCC(C)(O)C5)c4c4c3=NC=4)c12. The van der Waals surface area contributed by atoms with E-state index in [0.717, 1.165) is 93.5 Å². The number of phenolic OH excluding ortho intramolecular Hbond substituents is 1. The van der Waals surface area contributed by atoms with E-state index in [4.69, 9.17) is 19.7 Å². The Morgan fingerprint density at radius 2 is 1.91 bits per heavy atom. The van der Waals surface area contributed by atoms with Gasteiger partial charge in [-0.3, -0.25) is 4.99 Å². The molecule has 3 heterocycles. The lowest BCUT2D eigenvalue weighted by atomic mass is 9.88. The van der Waals surface area contributed by atoms with Crippen LogP contribution in [0.15, 0.2) is 29.3 Å². The number of aromatic nitrogens is 2. The van der Waals surface area contributed by atoms with Gasteiger partial charge in [0.05, 0.1) is 28.5 Å². The van der Waals surface area contributed by atoms with E-state index in [0.29, 0.717) is 31.1 Å². The number of piperidine rings is 1. The molecule has 1 saturated heterocycles. The third kappa shape index (κ3) is 4.86. The highest BCUT2D eigenvalue weighted by molar-refractivity contribution is 6.05. The molecule has 1 aliphatic carbocycles. The second kappa shape index (κ2) is 10.4. The first-order chi connectivity index (χ1) is 21.0. The summed E-state index contributed by atoms with van der Waals surface area (Å²) < 4.78 is 21.5. The molecule has 4 aromatic rings. The Balaban J connectivity index is 1.47. The van der Waals surface area contributed by atoms with Crippen molar-refractivity contribution in [1.82, 2.24) is 14.9 Å². The van der Waals surface area contributed by atoms with Crippen LogP contribution in [0, 0.1) is 18.2 Å². The fourth-order valence-electron chi connectivity index (χ4n) is 7.30. The van der Waals surface area contributed by atoms with Gasteiger partial charge in [-0.25, -0.2) is 4.39 Å². The van der Waals surface area contributed by atoms with Crippen molar-refractivity contribution in [2.45, 2.75) is 58.5 Å². The number of hydrogen-bond donors (Lipinski definition) is 2. The number of rotatable bonds is 8. The highest BCUT2D eigenvalue weighted by Gasteiger charge is 2.44. The van der Waals surface area contributed by atoms with Crippen LogP contribution in [0.25, 0.3) is 39.0 Å². The Bertz CT molecular complexity index is 1950. The molecule has 2 aliphatic heterocycles. The zero-order chi connectivity index (χ0) is 31.0. The lowest BCUT2D eigenvalue weighted by Gasteiger charge is -2.38. The lowest BCUT2D eigenvalue weighted by Crippen LogP contribution is -2.47. The first-order valence-corrected chi connectivity index (χ1v) is 15.6. The first-order valence-electron chi connectivity index (χ1n) is 15.6. The molecule has 2 N–H and O–H groups in total. The quantitative estimate of drug-likeness (QED) is 0.307. The summed E-state index contributed by atoms with van der Waals surface area (Å²) in [5, 5.41) is 25.9. The predicted octanol–water partition coefficient (Wildman–Crippen LogP) is 4.61. The zero-order valence-corrected chi connectivity index (χ0v) is 26.2. The molecule has 1 saturated carbocycles. The van der Waals surface area contributed by atoms with E-state index in [1.165, 1.54) is 6.07 Å². The minimum absolute atomic E-state index is 0.102. The summed E-state index contributed by atoms with van der Waals surface area (Å²) in [6.45, 7) is 8.50. The molecule has 230 valence electrons. The van der Waals surface area contributed by atoms with Crippen molar-refractivity contribution in [3.05, 3.63) is 51.8 Å². The van der Waals surface area contributed by atoms with Crippen molar-refractivity contribution in [1.29, 1.82) is 0 Å². The molecule has 7 rings (SSSR count). The van der Waals surface area contributed by atoms with Gasteiger partial charge in [0.2, 0.25) is 0 Å². The van der Waals surface area contributed by atoms with Crippen molar-refractivity contribution >= 4 is 33.7 Å². The maximum absolute atomic E-state index is 15.1. The van der Waals surface area contributed by atoms with E-state index in [9.17, 15) is 10.2 Å². The van der Waals surface area contributed by atoms with Gasteiger partial charge in [0, 0.05) is 42.0 Å². The van der Waals surface area contributed by atoms with Gasteiger partial charge in [0.1, 0.15) is 17.4 Å². The number of hydrogen-bond acceptors (Lipinski definition) is 8. The Hall–Kier alpha value is -3.82. The summed E-state index contributed by atoms with van der Waals surface area (Å²) in [6.07, 6.45) is 6.12. The maximum Gasteiger partial charge on any atom is 0.318 e. The van der Waals surface area contributed by atoms with E-state index in [1.54, 1.807) is 18.2 Å². The number of aliphatic hydroxyl groups is 1. The molecule has 1 unspecified atom stereocenters. The van der Waals surface area contributed by atoms with E-state index in [1.807, 2.05) is 27.0 Å². The van der Waals surface area contributed by atoms with Gasteiger partial charge in [-0.15, -0.1) is 0 Å². The molecule has 44 heavy (non-hydrogen) atoms. The van der Waals surface area contributed by atoms with Crippen LogP contribution in [0.1, 0.15) is 50.7 Å². The van der Waals surface area contributed by atoms with Crippen LogP contribution in [-0.2, 0) is 6.42 Å². The van der Waals surface area contributed by atoms with Crippen LogP contribution in [0.4, 0.5) is 10.2 Å². The molecule has 0 radical (unpaired) electrons. The Morgan fingerprint density at radius 3 is 2.57 bits per heavy atom. The molecule has 0 amide bonds. The van der Waals surface area contributed by atoms with Crippen molar-refractivity contribution in [3.63, 3.8) is 0 Å². The number of fused-ring (bicyclic) bond motifs is 4. The van der Waals surface area contributed by atoms with Gasteiger partial charge in [-0.1, -0.05) is 13.0 Å². The molecule has 0 spiro atoms. The molecule has 1 atom stereocenters. The third-order valence-corrected chi connectivity index (χ3v) is 9.55. The molecule has 3 aromatic carbocycles. The fraction of sp³-hybridized carbons (Fsp3) is 0.457. The molecular weight excluding hydrogens is 557 g/mol. The summed E-state index contributed by atoms with van der Waals surface area (Å²) in [5.74, 6) is 0.578. The van der Waals surface area contributed by atoms with Crippen molar-refractivity contribution in [2.24, 2.45) is 10.4 Å². The van der Waals surface area contributed by atoms with Gasteiger partial charge >= 0.3 is 6.01 Å². The number of aromatic hydroxyl groups is 1. The smallest absolute Gasteiger partial charge is 0.318 e. The summed E-state index contributed by atoms with van der Waals surface area (Å²) in [4.78, 5) is 19.1. The fourth-order valence-corrected chi connectivity index (χ4v) is 7.30. The van der Waals surface area contributed by atoms with Gasteiger partial charge in [-0.2, -0.15) is 9.97 Å². The molecule has 9 heteroatoms. The summed E-state index contributed by atoms with van der Waals surface area (Å²) in [7, 11) is 4.16. The number of anilines is 1. The van der Waals surface area contributed by atoms with Gasteiger partial charge in [0.15, 0.2) is 0 Å². The number of ether oxygens (including phenoxy) is 1. The largest absolute Gasteiger partial charge is 0.508 e. The number of nitrogens with zero attached hydrogens (tertiary/aromatic N) is 5. The number of phenols is 1. The third-order valence-electron chi connectivity index (χ3n) is 9.55. The monoisotopic (exact) mass is 597 g/mol. The van der Waals surface area contributed by atoms with Crippen LogP contribution in [-0.4, -0.2) is 71.0 Å². The van der Waals surface area contributed by atoms with Crippen molar-refractivity contribution in [3.8, 4) is 22.9 Å². The molecule has 2 fully saturated rings. The molecule has 3 aliphatic rings. The first kappa shape index (κ1) is 28.9. The van der Waals surface area contributed by atoms with Crippen LogP contribution in [0.2, 0.25) is 0 Å². The molecule has 1 aromatic heterocycles. The maximum atomic E-state index is 15.1. The normalized spacial score (nSPS) is 20.3. The predicted molar refractivity (Wildman–Crippen MR) is 171 cm³/mol. The number of benzene rings is 3. The standard InChI is InChI=1S/C35H40FN5O3/c1-6-23-26(36)9-8-21-14-22(42)15-24(28(21)23)27-20(2)30-29(25-16-37-31(25)27)32(41-13-7-10-34(3,43)17-41)39-33(38-30)44-19-35(11-12-35)18-40(4)5/h8-9,14-16,42-43H,6-7,10-13,17-19H2,1-5H3. The van der Waals surface area contributed by atoms with Gasteiger partial charge < -0.3 is 24.7 Å². The summed E-state index contributed by atoms with van der Waals surface area (Å²) in [5.41, 5.74) is 3.02. The van der Waals surface area contributed by atoms with Crippen molar-refractivity contribution in [2.75, 3.05) is 45.2 Å². The van der Waals surface area contributed by atoms with E-state index >= 15 is 4.39 Å². The highest BCUT2D eigenvalue weighted by Crippen LogP contribution is 2.46. The van der Waals surface area contributed by atoms with Gasteiger partial charge in [0.25, 0.3) is 0 Å². The van der Waals surface area contributed by atoms with Gasteiger partial charge in [-0.05, 0) is 106 Å². The van der Waals surface area contributed by atoms with E-state index in [2.05, 4.69) is 23.9 Å². The van der Waals surface area contributed by atoms with Crippen LogP contribution < -0.4 is 20.2 Å². The van der Waals surface area contributed by atoms with Crippen molar-refractivity contribution < 1.29 is 19.3 Å². The second-order valence-corrected chi connectivity index (χ2v) is 13.6. The topological polar surface area (TPSA) is 94.3 Å². The number of β-amino-alcohol motifs (C(OH)–C–C–N with tert-alkyl or cyclic N) is 1. The molecule has 8 nitrogen and oxygen atoms in total. The Kier molecular flexibility index (Phi) is 6.82. The number of aryl methyl sites for hydroxylation is 2. The minimum Gasteiger partial charge on any atom is -0.508 e. The van der Waals surface area contributed by atoms with Crippen LogP contribution in [0.3, 0.4) is 0 Å². The molecule has 0 bridgehead atoms. The second-order valence-electron chi connectivity index (χ2n) is 13.6. The lowest BCUT2D eigenvalue weighted by molar-refractivity contribution is 0.0447. The Morgan fingerprint density at radius 1 is 1.11 bits per heavy atom.